The van der Waals surface area contributed by atoms with Gasteiger partial charge in [0.1, 0.15) is 23.6 Å². The van der Waals surface area contributed by atoms with Gasteiger partial charge in [0.05, 0.1) is 10.7 Å². The van der Waals surface area contributed by atoms with E-state index in [0.29, 0.717) is 59.2 Å². The SMILES string of the molecule is Cc1onc(-c2ccccc2Cl)c1C(=O)N1CCC(N2CC(=O)N(c3ccccc3)C2=O)CC1. The van der Waals surface area contributed by atoms with E-state index in [9.17, 15) is 14.4 Å². The van der Waals surface area contributed by atoms with Crippen molar-refractivity contribution in [1.82, 2.24) is 15.0 Å². The maximum absolute atomic E-state index is 13.4. The maximum atomic E-state index is 13.4. The number of carbonyl (C=O) groups excluding carboxylic acids is 3. The van der Waals surface area contributed by atoms with E-state index in [-0.39, 0.29) is 30.4 Å². The summed E-state index contributed by atoms with van der Waals surface area (Å²) in [4.78, 5) is 43.6. The van der Waals surface area contributed by atoms with E-state index in [1.807, 2.05) is 18.2 Å². The third-order valence-corrected chi connectivity index (χ3v) is 6.73. The molecule has 3 aromatic rings. The van der Waals surface area contributed by atoms with Gasteiger partial charge in [0.25, 0.3) is 11.8 Å². The number of anilines is 1. The fraction of sp³-hybridized carbons (Fsp3) is 0.280. The van der Waals surface area contributed by atoms with Crippen LogP contribution in [0, 0.1) is 6.92 Å². The van der Waals surface area contributed by atoms with Crippen LogP contribution in [0.2, 0.25) is 5.02 Å². The van der Waals surface area contributed by atoms with Crippen LogP contribution < -0.4 is 4.90 Å². The van der Waals surface area contributed by atoms with Gasteiger partial charge >= 0.3 is 6.03 Å². The summed E-state index contributed by atoms with van der Waals surface area (Å²) in [6.07, 6.45) is 1.16. The Balaban J connectivity index is 1.29. The van der Waals surface area contributed by atoms with Gasteiger partial charge in [-0.3, -0.25) is 9.59 Å². The first-order chi connectivity index (χ1) is 16.5. The fourth-order valence-electron chi connectivity index (χ4n) is 4.64. The number of halogens is 1. The second-order valence-corrected chi connectivity index (χ2v) is 8.85. The number of piperidine rings is 1. The summed E-state index contributed by atoms with van der Waals surface area (Å²) in [5.74, 6) is 0.0157. The second kappa shape index (κ2) is 8.95. The first kappa shape index (κ1) is 22.2. The van der Waals surface area contributed by atoms with Gasteiger partial charge in [-0.25, -0.2) is 9.69 Å². The average molecular weight is 479 g/mol. The third-order valence-electron chi connectivity index (χ3n) is 6.40. The Hall–Kier alpha value is -3.65. The number of rotatable bonds is 4. The van der Waals surface area contributed by atoms with E-state index in [0.717, 1.165) is 0 Å². The molecule has 1 aromatic heterocycles. The van der Waals surface area contributed by atoms with Crippen LogP contribution in [-0.4, -0.2) is 58.5 Å². The highest BCUT2D eigenvalue weighted by Gasteiger charge is 2.42. The lowest BCUT2D eigenvalue weighted by atomic mass is 10.0. The van der Waals surface area contributed by atoms with E-state index < -0.39 is 0 Å². The highest BCUT2D eigenvalue weighted by molar-refractivity contribution is 6.33. The molecule has 2 aliphatic rings. The Labute approximate surface area is 201 Å². The molecule has 34 heavy (non-hydrogen) atoms. The molecule has 0 N–H and O–H groups in total. The van der Waals surface area contributed by atoms with Crippen LogP contribution in [0.15, 0.2) is 59.1 Å². The molecule has 0 aliphatic carbocycles. The fourth-order valence-corrected chi connectivity index (χ4v) is 4.86. The number of hydrogen-bond acceptors (Lipinski definition) is 5. The summed E-state index contributed by atoms with van der Waals surface area (Å²) in [5, 5.41) is 4.58. The second-order valence-electron chi connectivity index (χ2n) is 8.44. The zero-order chi connectivity index (χ0) is 23.8. The summed E-state index contributed by atoms with van der Waals surface area (Å²) < 4.78 is 5.35. The lowest BCUT2D eigenvalue weighted by Crippen LogP contribution is -2.48. The predicted molar refractivity (Wildman–Crippen MR) is 127 cm³/mol. The number of para-hydroxylation sites is 1. The van der Waals surface area contributed by atoms with Gasteiger partial charge in [0.15, 0.2) is 0 Å². The number of aryl methyl sites for hydroxylation is 1. The van der Waals surface area contributed by atoms with E-state index in [1.54, 1.807) is 53.1 Å². The van der Waals surface area contributed by atoms with E-state index >= 15 is 0 Å². The Bertz CT molecular complexity index is 1250. The minimum Gasteiger partial charge on any atom is -0.360 e. The first-order valence-corrected chi connectivity index (χ1v) is 11.5. The molecule has 2 aromatic carbocycles. The van der Waals surface area contributed by atoms with Gasteiger partial charge < -0.3 is 14.3 Å². The van der Waals surface area contributed by atoms with Gasteiger partial charge in [-0.15, -0.1) is 0 Å². The first-order valence-electron chi connectivity index (χ1n) is 11.1. The molecule has 4 amide bonds. The van der Waals surface area contributed by atoms with E-state index in [2.05, 4.69) is 5.16 Å². The molecule has 3 heterocycles. The lowest BCUT2D eigenvalue weighted by molar-refractivity contribution is -0.116. The van der Waals surface area contributed by atoms with Gasteiger partial charge in [0.2, 0.25) is 0 Å². The van der Waals surface area contributed by atoms with Crippen LogP contribution >= 0.6 is 11.6 Å². The smallest absolute Gasteiger partial charge is 0.332 e. The van der Waals surface area contributed by atoms with Crippen molar-refractivity contribution in [1.29, 1.82) is 0 Å². The molecular weight excluding hydrogens is 456 g/mol. The number of benzene rings is 2. The number of nitrogens with zero attached hydrogens (tertiary/aromatic N) is 4. The molecule has 0 radical (unpaired) electrons. The molecule has 0 saturated carbocycles. The van der Waals surface area contributed by atoms with Crippen molar-refractivity contribution in [2.75, 3.05) is 24.5 Å². The quantitative estimate of drug-likeness (QED) is 0.519. The molecule has 0 bridgehead atoms. The number of carbonyl (C=O) groups is 3. The normalized spacial score (nSPS) is 17.1. The van der Waals surface area contributed by atoms with Crippen LogP contribution in [0.4, 0.5) is 10.5 Å². The highest BCUT2D eigenvalue weighted by Crippen LogP contribution is 2.33. The monoisotopic (exact) mass is 478 g/mol. The summed E-state index contributed by atoms with van der Waals surface area (Å²) in [6.45, 7) is 2.67. The van der Waals surface area contributed by atoms with Crippen molar-refractivity contribution in [2.45, 2.75) is 25.8 Å². The van der Waals surface area contributed by atoms with Crippen LogP contribution in [-0.2, 0) is 4.79 Å². The molecule has 2 fully saturated rings. The number of amides is 4. The van der Waals surface area contributed by atoms with Gasteiger partial charge in [-0.1, -0.05) is 53.2 Å². The van der Waals surface area contributed by atoms with Crippen LogP contribution in [0.3, 0.4) is 0 Å². The van der Waals surface area contributed by atoms with Crippen molar-refractivity contribution in [2.24, 2.45) is 0 Å². The zero-order valence-corrected chi connectivity index (χ0v) is 19.4. The summed E-state index contributed by atoms with van der Waals surface area (Å²) in [5.41, 5.74) is 2.03. The summed E-state index contributed by atoms with van der Waals surface area (Å²) >= 11 is 6.33. The molecule has 0 unspecified atom stereocenters. The molecule has 174 valence electrons. The van der Waals surface area contributed by atoms with E-state index in [4.69, 9.17) is 16.1 Å². The predicted octanol–water partition coefficient (Wildman–Crippen LogP) is 4.38. The summed E-state index contributed by atoms with van der Waals surface area (Å²) in [6, 6.07) is 15.7. The van der Waals surface area contributed by atoms with E-state index in [1.165, 1.54) is 4.90 Å². The molecule has 2 saturated heterocycles. The van der Waals surface area contributed by atoms with Crippen LogP contribution in [0.25, 0.3) is 11.3 Å². The van der Waals surface area contributed by atoms with Crippen molar-refractivity contribution >= 4 is 35.1 Å². The Morgan fingerprint density at radius 1 is 1.03 bits per heavy atom. The molecule has 5 rings (SSSR count). The zero-order valence-electron chi connectivity index (χ0n) is 18.6. The minimum absolute atomic E-state index is 0.0494. The summed E-state index contributed by atoms with van der Waals surface area (Å²) in [7, 11) is 0. The number of likely N-dealkylation sites (tertiary alicyclic amines) is 1. The molecule has 0 spiro atoms. The largest absolute Gasteiger partial charge is 0.360 e. The number of hydrogen-bond donors (Lipinski definition) is 0. The van der Waals surface area contributed by atoms with Gasteiger partial charge in [-0.05, 0) is 38.0 Å². The Morgan fingerprint density at radius 2 is 1.71 bits per heavy atom. The van der Waals surface area contributed by atoms with Crippen molar-refractivity contribution in [3.8, 4) is 11.3 Å². The average Bonchev–Trinajstić information content (AvgIpc) is 3.38. The van der Waals surface area contributed by atoms with Gasteiger partial charge in [0, 0.05) is 24.7 Å². The van der Waals surface area contributed by atoms with Crippen molar-refractivity contribution in [3.05, 3.63) is 70.9 Å². The Morgan fingerprint density at radius 3 is 2.41 bits per heavy atom. The highest BCUT2D eigenvalue weighted by atomic mass is 35.5. The molecule has 9 heteroatoms. The number of imide groups is 1. The number of urea groups is 1. The molecule has 8 nitrogen and oxygen atoms in total. The standard InChI is InChI=1S/C25H23ClN4O4/c1-16-22(23(27-34-16)19-9-5-6-10-20(19)26)24(32)28-13-11-17(12-14-28)29-15-21(31)30(25(29)33)18-7-3-2-4-8-18/h2-10,17H,11-15H2,1H3. The maximum Gasteiger partial charge on any atom is 0.332 e. The number of aromatic nitrogens is 1. The van der Waals surface area contributed by atoms with Crippen molar-refractivity contribution < 1.29 is 18.9 Å². The van der Waals surface area contributed by atoms with Crippen LogP contribution in [0.5, 0.6) is 0 Å². The molecular formula is C25H23ClN4O4. The molecule has 2 aliphatic heterocycles. The third kappa shape index (κ3) is 3.84. The van der Waals surface area contributed by atoms with Crippen molar-refractivity contribution in [3.63, 3.8) is 0 Å². The molecule has 0 atom stereocenters. The van der Waals surface area contributed by atoms with Crippen LogP contribution in [0.1, 0.15) is 29.0 Å². The Kier molecular flexibility index (Phi) is 5.83. The minimum atomic E-state index is -0.308. The topological polar surface area (TPSA) is 87.0 Å². The van der Waals surface area contributed by atoms with Gasteiger partial charge in [-0.2, -0.15) is 0 Å². The lowest BCUT2D eigenvalue weighted by Gasteiger charge is -2.36.